The van der Waals surface area contributed by atoms with Crippen LogP contribution in [0.5, 0.6) is 23.0 Å². The standard InChI is InChI=1S/C23H23NO5/c1-26-19-10-8-17(9-11-19)14-28-21-13-18(23(24)25)12-20(27-2)22(21)29-15-16-6-4-3-5-7-16/h3-13H,14-15H2,1-2H3,(H2,24,25). The van der Waals surface area contributed by atoms with E-state index in [1.807, 2.05) is 54.6 Å². The molecule has 0 aliphatic rings. The van der Waals surface area contributed by atoms with Crippen molar-refractivity contribution >= 4 is 5.91 Å². The number of nitrogens with two attached hydrogens (primary N) is 1. The zero-order chi connectivity index (χ0) is 20.6. The molecule has 0 aliphatic carbocycles. The molecule has 6 heteroatoms. The van der Waals surface area contributed by atoms with E-state index in [2.05, 4.69) is 0 Å². The van der Waals surface area contributed by atoms with Gasteiger partial charge in [-0.3, -0.25) is 4.79 Å². The van der Waals surface area contributed by atoms with Gasteiger partial charge in [-0.25, -0.2) is 0 Å². The molecule has 2 N–H and O–H groups in total. The average Bonchev–Trinajstić information content (AvgIpc) is 2.77. The van der Waals surface area contributed by atoms with Gasteiger partial charge < -0.3 is 24.7 Å². The van der Waals surface area contributed by atoms with Crippen LogP contribution in [0.15, 0.2) is 66.7 Å². The molecule has 3 rings (SSSR count). The van der Waals surface area contributed by atoms with Crippen LogP contribution < -0.4 is 24.7 Å². The average molecular weight is 393 g/mol. The quantitative estimate of drug-likeness (QED) is 0.595. The summed E-state index contributed by atoms with van der Waals surface area (Å²) in [6.07, 6.45) is 0. The van der Waals surface area contributed by atoms with Crippen molar-refractivity contribution in [2.24, 2.45) is 5.73 Å². The molecule has 0 saturated carbocycles. The summed E-state index contributed by atoms with van der Waals surface area (Å²) in [5, 5.41) is 0. The van der Waals surface area contributed by atoms with Crippen molar-refractivity contribution in [1.82, 2.24) is 0 Å². The van der Waals surface area contributed by atoms with Crippen molar-refractivity contribution in [1.29, 1.82) is 0 Å². The fourth-order valence-corrected chi connectivity index (χ4v) is 2.73. The lowest BCUT2D eigenvalue weighted by Gasteiger charge is -2.17. The lowest BCUT2D eigenvalue weighted by atomic mass is 10.1. The van der Waals surface area contributed by atoms with Gasteiger partial charge in [0.15, 0.2) is 11.5 Å². The van der Waals surface area contributed by atoms with Crippen molar-refractivity contribution < 1.29 is 23.7 Å². The monoisotopic (exact) mass is 393 g/mol. The van der Waals surface area contributed by atoms with Gasteiger partial charge in [0.1, 0.15) is 19.0 Å². The molecule has 0 spiro atoms. The van der Waals surface area contributed by atoms with Gasteiger partial charge in [0.2, 0.25) is 11.7 Å². The van der Waals surface area contributed by atoms with Gasteiger partial charge in [0, 0.05) is 5.56 Å². The summed E-state index contributed by atoms with van der Waals surface area (Å²) in [6, 6.07) is 20.4. The van der Waals surface area contributed by atoms with E-state index >= 15 is 0 Å². The Morgan fingerprint density at radius 1 is 0.793 bits per heavy atom. The minimum atomic E-state index is -0.577. The first kappa shape index (κ1) is 20.1. The molecular weight excluding hydrogens is 370 g/mol. The van der Waals surface area contributed by atoms with E-state index < -0.39 is 5.91 Å². The van der Waals surface area contributed by atoms with Crippen molar-refractivity contribution in [2.75, 3.05) is 14.2 Å². The number of rotatable bonds is 9. The van der Waals surface area contributed by atoms with E-state index in [4.69, 9.17) is 24.7 Å². The largest absolute Gasteiger partial charge is 0.497 e. The minimum absolute atomic E-state index is 0.275. The molecule has 0 saturated heterocycles. The van der Waals surface area contributed by atoms with Crippen LogP contribution in [0.1, 0.15) is 21.5 Å². The second kappa shape index (κ2) is 9.50. The summed E-state index contributed by atoms with van der Waals surface area (Å²) < 4.78 is 22.5. The summed E-state index contributed by atoms with van der Waals surface area (Å²) in [5.74, 6) is 1.35. The summed E-state index contributed by atoms with van der Waals surface area (Å²) in [7, 11) is 3.12. The van der Waals surface area contributed by atoms with Gasteiger partial charge in [0.05, 0.1) is 14.2 Å². The molecule has 150 valence electrons. The SMILES string of the molecule is COc1ccc(COc2cc(C(N)=O)cc(OC)c2OCc2ccccc2)cc1. The summed E-state index contributed by atoms with van der Waals surface area (Å²) in [4.78, 5) is 11.7. The van der Waals surface area contributed by atoms with E-state index in [9.17, 15) is 4.79 Å². The van der Waals surface area contributed by atoms with E-state index in [0.29, 0.717) is 23.9 Å². The number of primary amides is 1. The van der Waals surface area contributed by atoms with Crippen molar-refractivity contribution in [2.45, 2.75) is 13.2 Å². The first-order valence-electron chi connectivity index (χ1n) is 9.05. The summed E-state index contributed by atoms with van der Waals surface area (Å²) >= 11 is 0. The lowest BCUT2D eigenvalue weighted by Crippen LogP contribution is -2.12. The van der Waals surface area contributed by atoms with Crippen LogP contribution in [0.25, 0.3) is 0 Å². The molecule has 3 aromatic carbocycles. The molecule has 1 amide bonds. The molecule has 0 aromatic heterocycles. The van der Waals surface area contributed by atoms with Crippen LogP contribution in [0.3, 0.4) is 0 Å². The van der Waals surface area contributed by atoms with Crippen molar-refractivity contribution in [3.63, 3.8) is 0 Å². The third-order valence-corrected chi connectivity index (χ3v) is 4.30. The number of carbonyl (C=O) groups excluding carboxylic acids is 1. The van der Waals surface area contributed by atoms with Crippen LogP contribution in [0.2, 0.25) is 0 Å². The molecule has 0 aliphatic heterocycles. The van der Waals surface area contributed by atoms with Crippen LogP contribution in [-0.2, 0) is 13.2 Å². The van der Waals surface area contributed by atoms with E-state index in [1.165, 1.54) is 7.11 Å². The van der Waals surface area contributed by atoms with Gasteiger partial charge in [-0.1, -0.05) is 42.5 Å². The Kier molecular flexibility index (Phi) is 6.58. The van der Waals surface area contributed by atoms with E-state index in [1.54, 1.807) is 19.2 Å². The molecule has 3 aromatic rings. The minimum Gasteiger partial charge on any atom is -0.497 e. The number of amides is 1. The number of hydrogen-bond donors (Lipinski definition) is 1. The zero-order valence-electron chi connectivity index (χ0n) is 16.4. The van der Waals surface area contributed by atoms with Crippen molar-refractivity contribution in [3.05, 3.63) is 83.4 Å². The van der Waals surface area contributed by atoms with Crippen LogP contribution in [0, 0.1) is 0 Å². The Hall–Kier alpha value is -3.67. The van der Waals surface area contributed by atoms with E-state index in [0.717, 1.165) is 16.9 Å². The predicted molar refractivity (Wildman–Crippen MR) is 110 cm³/mol. The highest BCUT2D eigenvalue weighted by Gasteiger charge is 2.17. The Bertz CT molecular complexity index is 955. The highest BCUT2D eigenvalue weighted by Crippen LogP contribution is 2.39. The maximum atomic E-state index is 11.7. The predicted octanol–water partition coefficient (Wildman–Crippen LogP) is 3.96. The second-order valence-corrected chi connectivity index (χ2v) is 6.28. The first-order chi connectivity index (χ1) is 14.1. The second-order valence-electron chi connectivity index (χ2n) is 6.28. The molecule has 0 unspecified atom stereocenters. The van der Waals surface area contributed by atoms with Gasteiger partial charge in [-0.05, 0) is 35.4 Å². The third-order valence-electron chi connectivity index (χ3n) is 4.30. The molecule has 29 heavy (non-hydrogen) atoms. The normalized spacial score (nSPS) is 10.3. The van der Waals surface area contributed by atoms with Crippen LogP contribution in [-0.4, -0.2) is 20.1 Å². The smallest absolute Gasteiger partial charge is 0.248 e. The van der Waals surface area contributed by atoms with Crippen LogP contribution in [0.4, 0.5) is 0 Å². The number of hydrogen-bond acceptors (Lipinski definition) is 5. The molecule has 0 fully saturated rings. The number of benzene rings is 3. The van der Waals surface area contributed by atoms with Gasteiger partial charge in [-0.2, -0.15) is 0 Å². The Labute approximate surface area is 169 Å². The van der Waals surface area contributed by atoms with Gasteiger partial charge >= 0.3 is 0 Å². The zero-order valence-corrected chi connectivity index (χ0v) is 16.4. The Balaban J connectivity index is 1.86. The lowest BCUT2D eigenvalue weighted by molar-refractivity contribution is 0.0999. The van der Waals surface area contributed by atoms with Gasteiger partial charge in [-0.15, -0.1) is 0 Å². The molecular formula is C23H23NO5. The Morgan fingerprint density at radius 3 is 2.03 bits per heavy atom. The molecule has 0 bridgehead atoms. The maximum absolute atomic E-state index is 11.7. The van der Waals surface area contributed by atoms with Crippen LogP contribution >= 0.6 is 0 Å². The summed E-state index contributed by atoms with van der Waals surface area (Å²) in [6.45, 7) is 0.600. The molecule has 0 radical (unpaired) electrons. The highest BCUT2D eigenvalue weighted by molar-refractivity contribution is 5.94. The number of carbonyl (C=O) groups is 1. The first-order valence-corrected chi connectivity index (χ1v) is 9.05. The maximum Gasteiger partial charge on any atom is 0.248 e. The third kappa shape index (κ3) is 5.19. The number of methoxy groups -OCH3 is 2. The van der Waals surface area contributed by atoms with Crippen molar-refractivity contribution in [3.8, 4) is 23.0 Å². The highest BCUT2D eigenvalue weighted by atomic mass is 16.5. The fraction of sp³-hybridized carbons (Fsp3) is 0.174. The fourth-order valence-electron chi connectivity index (χ4n) is 2.73. The van der Waals surface area contributed by atoms with E-state index in [-0.39, 0.29) is 12.2 Å². The Morgan fingerprint density at radius 2 is 1.41 bits per heavy atom. The molecule has 0 atom stereocenters. The summed E-state index contributed by atoms with van der Waals surface area (Å²) in [5.41, 5.74) is 7.66. The van der Waals surface area contributed by atoms with Gasteiger partial charge in [0.25, 0.3) is 0 Å². The topological polar surface area (TPSA) is 80.0 Å². The molecule has 0 heterocycles. The molecule has 6 nitrogen and oxygen atoms in total. The number of ether oxygens (including phenoxy) is 4.